The van der Waals surface area contributed by atoms with E-state index in [2.05, 4.69) is 37.9 Å². The monoisotopic (exact) mass is 181 g/mol. The Bertz CT molecular complexity index is 263. The summed E-state index contributed by atoms with van der Waals surface area (Å²) in [5.74, 6) is 0. The average molecular weight is 181 g/mol. The third-order valence-corrected chi connectivity index (χ3v) is 2.69. The van der Waals surface area contributed by atoms with Gasteiger partial charge in [0.2, 0.25) is 0 Å². The van der Waals surface area contributed by atoms with Crippen LogP contribution in [0.4, 0.5) is 0 Å². The SMILES string of the molecule is C=C(NCCC)c1ccc(C)s1. The molecule has 1 aromatic rings. The summed E-state index contributed by atoms with van der Waals surface area (Å²) in [4.78, 5) is 2.59. The molecule has 2 heteroatoms. The minimum absolute atomic E-state index is 1.01. The van der Waals surface area contributed by atoms with E-state index in [9.17, 15) is 0 Å². The molecule has 1 rings (SSSR count). The first kappa shape index (κ1) is 9.33. The van der Waals surface area contributed by atoms with Crippen molar-refractivity contribution in [2.24, 2.45) is 0 Å². The van der Waals surface area contributed by atoms with Crippen molar-refractivity contribution >= 4 is 17.0 Å². The quantitative estimate of drug-likeness (QED) is 0.753. The molecule has 0 bridgehead atoms. The molecule has 0 fully saturated rings. The first-order valence-corrected chi connectivity index (χ1v) is 5.05. The predicted molar refractivity (Wildman–Crippen MR) is 56.4 cm³/mol. The fraction of sp³-hybridized carbons (Fsp3) is 0.400. The number of rotatable bonds is 4. The second-order valence-electron chi connectivity index (χ2n) is 2.82. The second kappa shape index (κ2) is 4.31. The van der Waals surface area contributed by atoms with Crippen LogP contribution < -0.4 is 5.32 Å². The highest BCUT2D eigenvalue weighted by Gasteiger charge is 1.99. The molecule has 1 heterocycles. The van der Waals surface area contributed by atoms with Gasteiger partial charge in [0.1, 0.15) is 0 Å². The molecule has 0 spiro atoms. The Morgan fingerprint density at radius 3 is 2.83 bits per heavy atom. The van der Waals surface area contributed by atoms with Crippen LogP contribution in [0.15, 0.2) is 18.7 Å². The zero-order chi connectivity index (χ0) is 8.97. The predicted octanol–water partition coefficient (Wildman–Crippen LogP) is 3.03. The maximum atomic E-state index is 3.98. The lowest BCUT2D eigenvalue weighted by Gasteiger charge is -2.04. The topological polar surface area (TPSA) is 12.0 Å². The third kappa shape index (κ3) is 2.38. The molecule has 0 saturated carbocycles. The minimum atomic E-state index is 1.01. The van der Waals surface area contributed by atoms with Gasteiger partial charge < -0.3 is 5.32 Å². The highest BCUT2D eigenvalue weighted by molar-refractivity contribution is 7.13. The van der Waals surface area contributed by atoms with E-state index in [0.29, 0.717) is 0 Å². The zero-order valence-corrected chi connectivity index (χ0v) is 8.50. The molecule has 0 atom stereocenters. The zero-order valence-electron chi connectivity index (χ0n) is 7.68. The van der Waals surface area contributed by atoms with E-state index in [1.165, 1.54) is 9.75 Å². The third-order valence-electron chi connectivity index (χ3n) is 1.63. The van der Waals surface area contributed by atoms with Crippen molar-refractivity contribution in [1.82, 2.24) is 5.32 Å². The van der Waals surface area contributed by atoms with Gasteiger partial charge in [-0.25, -0.2) is 0 Å². The van der Waals surface area contributed by atoms with Gasteiger partial charge >= 0.3 is 0 Å². The normalized spacial score (nSPS) is 9.83. The van der Waals surface area contributed by atoms with Crippen molar-refractivity contribution in [2.75, 3.05) is 6.54 Å². The van der Waals surface area contributed by atoms with Gasteiger partial charge in [-0.05, 0) is 25.5 Å². The summed E-state index contributed by atoms with van der Waals surface area (Å²) in [5, 5.41) is 3.28. The van der Waals surface area contributed by atoms with Crippen LogP contribution in [0.3, 0.4) is 0 Å². The lowest BCUT2D eigenvalue weighted by atomic mass is 10.3. The molecule has 0 aromatic carbocycles. The molecular formula is C10H15NS. The smallest absolute Gasteiger partial charge is 0.0498 e. The van der Waals surface area contributed by atoms with Crippen LogP contribution >= 0.6 is 11.3 Å². The van der Waals surface area contributed by atoms with Crippen molar-refractivity contribution in [1.29, 1.82) is 0 Å². The van der Waals surface area contributed by atoms with Gasteiger partial charge in [0.05, 0.1) is 0 Å². The Hall–Kier alpha value is -0.760. The van der Waals surface area contributed by atoms with Gasteiger partial charge in [0, 0.05) is 22.0 Å². The van der Waals surface area contributed by atoms with E-state index >= 15 is 0 Å². The molecule has 0 aliphatic heterocycles. The lowest BCUT2D eigenvalue weighted by Crippen LogP contribution is -2.10. The first-order valence-electron chi connectivity index (χ1n) is 4.23. The van der Waals surface area contributed by atoms with Gasteiger partial charge in [-0.1, -0.05) is 13.5 Å². The largest absolute Gasteiger partial charge is 0.384 e. The van der Waals surface area contributed by atoms with Crippen LogP contribution in [-0.2, 0) is 0 Å². The molecule has 0 saturated heterocycles. The van der Waals surface area contributed by atoms with E-state index in [4.69, 9.17) is 0 Å². The van der Waals surface area contributed by atoms with E-state index in [-0.39, 0.29) is 0 Å². The highest BCUT2D eigenvalue weighted by Crippen LogP contribution is 2.20. The summed E-state index contributed by atoms with van der Waals surface area (Å²) in [7, 11) is 0. The van der Waals surface area contributed by atoms with E-state index in [1.54, 1.807) is 11.3 Å². The molecule has 0 aliphatic rings. The Kier molecular flexibility index (Phi) is 3.35. The number of hydrogen-bond donors (Lipinski definition) is 1. The molecule has 12 heavy (non-hydrogen) atoms. The van der Waals surface area contributed by atoms with E-state index in [1.807, 2.05) is 0 Å². The molecule has 0 amide bonds. The molecule has 0 unspecified atom stereocenters. The minimum Gasteiger partial charge on any atom is -0.384 e. The Morgan fingerprint density at radius 2 is 2.33 bits per heavy atom. The Labute approximate surface area is 78.1 Å². The summed E-state index contributed by atoms with van der Waals surface area (Å²) >= 11 is 1.78. The number of hydrogen-bond acceptors (Lipinski definition) is 2. The Morgan fingerprint density at radius 1 is 1.58 bits per heavy atom. The van der Waals surface area contributed by atoms with Crippen LogP contribution in [0.1, 0.15) is 23.1 Å². The average Bonchev–Trinajstić information content (AvgIpc) is 2.47. The van der Waals surface area contributed by atoms with Crippen LogP contribution in [0.25, 0.3) is 5.70 Å². The summed E-state index contributed by atoms with van der Waals surface area (Å²) in [5.41, 5.74) is 1.05. The summed E-state index contributed by atoms with van der Waals surface area (Å²) in [6.45, 7) is 9.25. The van der Waals surface area contributed by atoms with Gasteiger partial charge in [-0.15, -0.1) is 11.3 Å². The molecular weight excluding hydrogens is 166 g/mol. The van der Waals surface area contributed by atoms with Crippen molar-refractivity contribution < 1.29 is 0 Å². The number of aryl methyl sites for hydroxylation is 1. The van der Waals surface area contributed by atoms with Crippen LogP contribution in [0.2, 0.25) is 0 Å². The molecule has 0 aliphatic carbocycles. The molecule has 66 valence electrons. The number of nitrogens with one attached hydrogen (secondary N) is 1. The summed E-state index contributed by atoms with van der Waals surface area (Å²) in [6.07, 6.45) is 1.14. The van der Waals surface area contributed by atoms with Crippen LogP contribution in [0, 0.1) is 6.92 Å². The van der Waals surface area contributed by atoms with Crippen LogP contribution in [-0.4, -0.2) is 6.54 Å². The molecule has 1 nitrogen and oxygen atoms in total. The lowest BCUT2D eigenvalue weighted by molar-refractivity contribution is 0.826. The van der Waals surface area contributed by atoms with Gasteiger partial charge in [-0.3, -0.25) is 0 Å². The van der Waals surface area contributed by atoms with Crippen molar-refractivity contribution in [3.05, 3.63) is 28.5 Å². The van der Waals surface area contributed by atoms with E-state index < -0.39 is 0 Å². The summed E-state index contributed by atoms with van der Waals surface area (Å²) in [6, 6.07) is 4.24. The van der Waals surface area contributed by atoms with Gasteiger partial charge in [-0.2, -0.15) is 0 Å². The molecule has 0 radical (unpaired) electrons. The Balaban J connectivity index is 2.53. The highest BCUT2D eigenvalue weighted by atomic mass is 32.1. The van der Waals surface area contributed by atoms with Crippen molar-refractivity contribution in [3.63, 3.8) is 0 Å². The van der Waals surface area contributed by atoms with E-state index in [0.717, 1.165) is 18.7 Å². The van der Waals surface area contributed by atoms with Gasteiger partial charge in [0.15, 0.2) is 0 Å². The number of thiophene rings is 1. The van der Waals surface area contributed by atoms with Crippen molar-refractivity contribution in [3.8, 4) is 0 Å². The first-order chi connectivity index (χ1) is 5.74. The standard InChI is InChI=1S/C10H15NS/c1-4-7-11-9(3)10-6-5-8(2)12-10/h5-6,11H,3-4,7H2,1-2H3. The second-order valence-corrected chi connectivity index (χ2v) is 4.10. The van der Waals surface area contributed by atoms with Gasteiger partial charge in [0.25, 0.3) is 0 Å². The summed E-state index contributed by atoms with van der Waals surface area (Å²) < 4.78 is 0. The van der Waals surface area contributed by atoms with Crippen molar-refractivity contribution in [2.45, 2.75) is 20.3 Å². The maximum Gasteiger partial charge on any atom is 0.0498 e. The molecule has 1 aromatic heterocycles. The fourth-order valence-electron chi connectivity index (χ4n) is 0.960. The molecule has 1 N–H and O–H groups in total. The van der Waals surface area contributed by atoms with Crippen LogP contribution in [0.5, 0.6) is 0 Å². The maximum absolute atomic E-state index is 3.98. The fourth-order valence-corrected chi connectivity index (χ4v) is 1.77.